The zero-order chi connectivity index (χ0) is 30.1. The van der Waals surface area contributed by atoms with Crippen LogP contribution in [0.4, 0.5) is 5.69 Å². The molecular formula is C29H48N2O5S5Si. The molecule has 1 aliphatic heterocycles. The third-order valence-electron chi connectivity index (χ3n) is 6.66. The van der Waals surface area contributed by atoms with E-state index < -0.39 is 18.8 Å². The third kappa shape index (κ3) is 11.7. The Morgan fingerprint density at radius 1 is 0.738 bits per heavy atom. The Kier molecular flexibility index (Phi) is 17.4. The Labute approximate surface area is 272 Å². The van der Waals surface area contributed by atoms with Gasteiger partial charge in [0, 0.05) is 108 Å². The molecule has 1 saturated heterocycles. The molecule has 2 aromatic carbocycles. The van der Waals surface area contributed by atoms with E-state index in [1.807, 2.05) is 62.5 Å². The van der Waals surface area contributed by atoms with Crippen LogP contribution in [0.15, 0.2) is 41.3 Å². The molecule has 7 nitrogen and oxygen atoms in total. The highest BCUT2D eigenvalue weighted by Crippen LogP contribution is 2.32. The van der Waals surface area contributed by atoms with Crippen LogP contribution in [0.2, 0.25) is 6.04 Å². The summed E-state index contributed by atoms with van der Waals surface area (Å²) in [5.74, 6) is 9.36. The first-order valence-electron chi connectivity index (χ1n) is 15.0. The summed E-state index contributed by atoms with van der Waals surface area (Å²) in [7, 11) is -6.54. The zero-order valence-corrected chi connectivity index (χ0v) is 30.4. The van der Waals surface area contributed by atoms with E-state index in [9.17, 15) is 8.42 Å². The normalized spacial score (nSPS) is 17.2. The first-order valence-corrected chi connectivity index (χ1v) is 23.0. The number of sulfonamides is 1. The van der Waals surface area contributed by atoms with Crippen molar-refractivity contribution in [2.75, 3.05) is 90.4 Å². The van der Waals surface area contributed by atoms with E-state index in [0.717, 1.165) is 41.1 Å². The fourth-order valence-corrected chi connectivity index (χ4v) is 13.1. The van der Waals surface area contributed by atoms with Crippen LogP contribution < -0.4 is 9.62 Å². The zero-order valence-electron chi connectivity index (χ0n) is 25.3. The maximum atomic E-state index is 13.6. The molecule has 42 heavy (non-hydrogen) atoms. The number of benzene rings is 2. The monoisotopic (exact) mass is 692 g/mol. The minimum atomic E-state index is -3.72. The number of thioether (sulfide) groups is 4. The van der Waals surface area contributed by atoms with E-state index in [-0.39, 0.29) is 6.54 Å². The van der Waals surface area contributed by atoms with E-state index in [1.54, 1.807) is 6.07 Å². The molecule has 0 atom stereocenters. The second kappa shape index (κ2) is 20.1. The third-order valence-corrected chi connectivity index (χ3v) is 16.0. The lowest BCUT2D eigenvalue weighted by Crippen LogP contribution is -2.46. The van der Waals surface area contributed by atoms with Gasteiger partial charge in [0.25, 0.3) is 0 Å². The standard InChI is InChI=1S/C29H48N2O5S5Si/c1-4-34-42(35-5-2,36-6-3)25-9-14-30-41(32,33)29-13-8-10-26-27(29)11-7-12-28(26)31-15-17-37-19-21-39-23-24-40-22-20-38-18-16-31/h7-8,10-13,30H,4-6,9,14-25H2,1-3H3. The molecule has 13 heteroatoms. The fraction of sp³-hybridized carbons (Fsp3) is 0.655. The van der Waals surface area contributed by atoms with Gasteiger partial charge in [-0.3, -0.25) is 0 Å². The lowest BCUT2D eigenvalue weighted by Gasteiger charge is -2.28. The summed E-state index contributed by atoms with van der Waals surface area (Å²) in [6.45, 7) is 9.47. The quantitative estimate of drug-likeness (QED) is 0.191. The smallest absolute Gasteiger partial charge is 0.374 e. The average Bonchev–Trinajstić information content (AvgIpc) is 2.99. The molecule has 0 aliphatic carbocycles. The molecule has 2 aromatic rings. The molecule has 1 N–H and O–H groups in total. The fourth-order valence-electron chi connectivity index (χ4n) is 4.83. The van der Waals surface area contributed by atoms with Crippen LogP contribution in [0.25, 0.3) is 10.8 Å². The number of hydrogen-bond donors (Lipinski definition) is 1. The second-order valence-electron chi connectivity index (χ2n) is 9.55. The summed E-state index contributed by atoms with van der Waals surface area (Å²) < 4.78 is 47.7. The largest absolute Gasteiger partial charge is 0.500 e. The Morgan fingerprint density at radius 3 is 1.79 bits per heavy atom. The molecule has 0 aromatic heterocycles. The second-order valence-corrected chi connectivity index (χ2v) is 18.9. The number of nitrogens with one attached hydrogen (secondary N) is 1. The minimum absolute atomic E-state index is 0.289. The molecule has 0 saturated carbocycles. The molecule has 0 spiro atoms. The molecule has 0 amide bonds. The van der Waals surface area contributed by atoms with Gasteiger partial charge in [0.15, 0.2) is 0 Å². The Hall–Kier alpha value is -0.0931. The van der Waals surface area contributed by atoms with E-state index in [2.05, 4.69) is 45.3 Å². The molecule has 1 heterocycles. The molecule has 0 unspecified atom stereocenters. The summed E-state index contributed by atoms with van der Waals surface area (Å²) in [6.07, 6.45) is 0.571. The highest BCUT2D eigenvalue weighted by molar-refractivity contribution is 8.05. The summed E-state index contributed by atoms with van der Waals surface area (Å²) >= 11 is 8.14. The number of rotatable bonds is 13. The van der Waals surface area contributed by atoms with Crippen LogP contribution in [0.5, 0.6) is 0 Å². The Bertz CT molecular complexity index is 1130. The summed E-state index contributed by atoms with van der Waals surface area (Å²) in [5, 5.41) is 1.74. The molecule has 238 valence electrons. The van der Waals surface area contributed by atoms with E-state index in [0.29, 0.717) is 37.2 Å². The highest BCUT2D eigenvalue weighted by Gasteiger charge is 2.39. The van der Waals surface area contributed by atoms with E-state index in [1.165, 1.54) is 34.5 Å². The predicted octanol–water partition coefficient (Wildman–Crippen LogP) is 6.31. The highest BCUT2D eigenvalue weighted by atomic mass is 32.2. The van der Waals surface area contributed by atoms with Gasteiger partial charge in [-0.15, -0.1) is 0 Å². The Morgan fingerprint density at radius 2 is 1.24 bits per heavy atom. The van der Waals surface area contributed by atoms with Crippen molar-refractivity contribution in [3.05, 3.63) is 36.4 Å². The maximum Gasteiger partial charge on any atom is 0.500 e. The van der Waals surface area contributed by atoms with Crippen molar-refractivity contribution in [3.8, 4) is 0 Å². The first-order chi connectivity index (χ1) is 20.5. The average molecular weight is 693 g/mol. The van der Waals surface area contributed by atoms with Gasteiger partial charge in [-0.05, 0) is 39.3 Å². The van der Waals surface area contributed by atoms with Crippen molar-refractivity contribution in [2.45, 2.75) is 38.1 Å². The van der Waals surface area contributed by atoms with Gasteiger partial charge in [0.1, 0.15) is 0 Å². The molecule has 0 radical (unpaired) electrons. The lowest BCUT2D eigenvalue weighted by molar-refractivity contribution is 0.0709. The predicted molar refractivity (Wildman–Crippen MR) is 191 cm³/mol. The molecule has 1 fully saturated rings. The van der Waals surface area contributed by atoms with Crippen LogP contribution in [0, 0.1) is 0 Å². The van der Waals surface area contributed by atoms with E-state index >= 15 is 0 Å². The lowest BCUT2D eigenvalue weighted by atomic mass is 10.1. The van der Waals surface area contributed by atoms with Gasteiger partial charge in [0.2, 0.25) is 10.0 Å². The van der Waals surface area contributed by atoms with Crippen molar-refractivity contribution in [2.24, 2.45) is 0 Å². The van der Waals surface area contributed by atoms with Crippen molar-refractivity contribution < 1.29 is 21.7 Å². The van der Waals surface area contributed by atoms with Crippen LogP contribution >= 0.6 is 47.0 Å². The van der Waals surface area contributed by atoms with Crippen LogP contribution in [0.3, 0.4) is 0 Å². The summed E-state index contributed by atoms with van der Waals surface area (Å²) in [4.78, 5) is 2.77. The maximum absolute atomic E-state index is 13.6. The van der Waals surface area contributed by atoms with Crippen molar-refractivity contribution in [1.29, 1.82) is 0 Å². The van der Waals surface area contributed by atoms with Gasteiger partial charge in [-0.25, -0.2) is 13.1 Å². The molecule has 3 rings (SSSR count). The summed E-state index contributed by atoms with van der Waals surface area (Å²) in [6, 6.07) is 12.2. The van der Waals surface area contributed by atoms with Gasteiger partial charge in [0.05, 0.1) is 4.90 Å². The van der Waals surface area contributed by atoms with E-state index in [4.69, 9.17) is 13.3 Å². The first kappa shape index (κ1) is 36.4. The number of fused-ring (bicyclic) bond motifs is 1. The van der Waals surface area contributed by atoms with Crippen LogP contribution in [0.1, 0.15) is 27.2 Å². The topological polar surface area (TPSA) is 77.1 Å². The van der Waals surface area contributed by atoms with Gasteiger partial charge < -0.3 is 18.2 Å². The van der Waals surface area contributed by atoms with Crippen LogP contribution in [-0.4, -0.2) is 103 Å². The number of hydrogen-bond acceptors (Lipinski definition) is 10. The van der Waals surface area contributed by atoms with Crippen LogP contribution in [-0.2, 0) is 23.3 Å². The van der Waals surface area contributed by atoms with Gasteiger partial charge in [-0.2, -0.15) is 47.0 Å². The minimum Gasteiger partial charge on any atom is -0.374 e. The summed E-state index contributed by atoms with van der Waals surface area (Å²) in [5.41, 5.74) is 1.11. The number of nitrogens with zero attached hydrogens (tertiary/aromatic N) is 1. The molecule has 0 bridgehead atoms. The SMILES string of the molecule is CCO[Si](CCCNS(=O)(=O)c1cccc2c(N3CCSCCSCCSCCSCC3)cccc12)(OCC)OCC. The molecule has 1 aliphatic rings. The van der Waals surface area contributed by atoms with Gasteiger partial charge in [-0.1, -0.05) is 24.3 Å². The van der Waals surface area contributed by atoms with Crippen molar-refractivity contribution >= 4 is 82.3 Å². The molecular weight excluding hydrogens is 645 g/mol. The van der Waals surface area contributed by atoms with Gasteiger partial charge >= 0.3 is 8.80 Å². The Balaban J connectivity index is 1.74. The van der Waals surface area contributed by atoms with Crippen molar-refractivity contribution in [1.82, 2.24) is 4.72 Å². The number of anilines is 1. The van der Waals surface area contributed by atoms with Crippen molar-refractivity contribution in [3.63, 3.8) is 0 Å².